The molecule has 1 aliphatic heterocycles. The number of hydrogen-bond acceptors (Lipinski definition) is 3. The van der Waals surface area contributed by atoms with Crippen LogP contribution in [-0.2, 0) is 4.74 Å². The molecule has 4 nitrogen and oxygen atoms in total. The maximum atomic E-state index is 11.8. The minimum Gasteiger partial charge on any atom is -0.485 e. The number of amides is 1. The first kappa shape index (κ1) is 12.8. The van der Waals surface area contributed by atoms with Crippen LogP contribution in [0.3, 0.4) is 0 Å². The second kappa shape index (κ2) is 5.41. The Morgan fingerprint density at radius 3 is 2.95 bits per heavy atom. The second-order valence-electron chi connectivity index (χ2n) is 4.81. The predicted molar refractivity (Wildman–Crippen MR) is 75.5 cm³/mol. The van der Waals surface area contributed by atoms with E-state index in [-0.39, 0.29) is 18.1 Å². The molecule has 1 aromatic rings. The van der Waals surface area contributed by atoms with Gasteiger partial charge in [0.15, 0.2) is 0 Å². The van der Waals surface area contributed by atoms with Crippen molar-refractivity contribution in [3.05, 3.63) is 54.1 Å². The van der Waals surface area contributed by atoms with Crippen LogP contribution in [-0.4, -0.2) is 18.8 Å². The Kier molecular flexibility index (Phi) is 3.46. The van der Waals surface area contributed by atoms with Crippen LogP contribution in [0, 0.1) is 5.92 Å². The molecule has 1 N–H and O–H groups in total. The fourth-order valence-electron chi connectivity index (χ4n) is 2.70. The number of carbonyl (C=O) groups excluding carboxylic acids is 1. The van der Waals surface area contributed by atoms with Crippen LogP contribution in [0.4, 0.5) is 4.79 Å². The summed E-state index contributed by atoms with van der Waals surface area (Å²) >= 11 is 0. The number of para-hydroxylation sites is 1. The van der Waals surface area contributed by atoms with Gasteiger partial charge in [-0.1, -0.05) is 36.4 Å². The van der Waals surface area contributed by atoms with Gasteiger partial charge in [0, 0.05) is 11.5 Å². The van der Waals surface area contributed by atoms with E-state index in [1.165, 1.54) is 0 Å². The topological polar surface area (TPSA) is 47.6 Å². The quantitative estimate of drug-likeness (QED) is 0.899. The zero-order valence-corrected chi connectivity index (χ0v) is 11.3. The lowest BCUT2D eigenvalue weighted by atomic mass is 9.83. The lowest BCUT2D eigenvalue weighted by Gasteiger charge is -2.38. The first-order valence-electron chi connectivity index (χ1n) is 6.83. The van der Waals surface area contributed by atoms with Crippen molar-refractivity contribution in [3.8, 4) is 5.75 Å². The van der Waals surface area contributed by atoms with E-state index in [9.17, 15) is 4.79 Å². The van der Waals surface area contributed by atoms with Crippen LogP contribution in [0.1, 0.15) is 18.5 Å². The van der Waals surface area contributed by atoms with Crippen molar-refractivity contribution in [1.29, 1.82) is 0 Å². The lowest BCUT2D eigenvalue weighted by Crippen LogP contribution is -2.43. The fourth-order valence-corrected chi connectivity index (χ4v) is 2.70. The molecular formula is C16H17NO3. The Hall–Kier alpha value is -2.23. The molecule has 0 radical (unpaired) electrons. The summed E-state index contributed by atoms with van der Waals surface area (Å²) in [7, 11) is 0. The number of allylic oxidation sites excluding steroid dienone is 2. The van der Waals surface area contributed by atoms with Crippen molar-refractivity contribution in [2.24, 2.45) is 5.92 Å². The minimum absolute atomic E-state index is 0.0539. The van der Waals surface area contributed by atoms with Crippen molar-refractivity contribution in [1.82, 2.24) is 5.32 Å². The number of ether oxygens (including phenoxy) is 2. The molecule has 1 aliphatic carbocycles. The number of fused-ring (bicyclic) bond motifs is 2. The van der Waals surface area contributed by atoms with E-state index in [1.54, 1.807) is 6.92 Å². The molecule has 0 fully saturated rings. The highest BCUT2D eigenvalue weighted by atomic mass is 16.5. The molecule has 1 heterocycles. The predicted octanol–water partition coefficient (Wildman–Crippen LogP) is 2.98. The number of alkyl carbamates (subject to hydrolysis) is 1. The van der Waals surface area contributed by atoms with Gasteiger partial charge in [-0.25, -0.2) is 4.79 Å². The van der Waals surface area contributed by atoms with Crippen molar-refractivity contribution < 1.29 is 14.3 Å². The number of rotatable bonds is 2. The normalized spacial score (nSPS) is 26.1. The van der Waals surface area contributed by atoms with E-state index >= 15 is 0 Å². The molecule has 1 aromatic carbocycles. The maximum Gasteiger partial charge on any atom is 0.407 e. The molecule has 3 rings (SSSR count). The molecule has 0 saturated heterocycles. The van der Waals surface area contributed by atoms with Crippen molar-refractivity contribution in [3.63, 3.8) is 0 Å². The van der Waals surface area contributed by atoms with Crippen molar-refractivity contribution in [2.45, 2.75) is 19.1 Å². The standard InChI is InChI=1S/C16H17NO3/c1-2-19-16(18)17-15-11-7-3-5-9-13(11)20-14-10-6-4-8-12(14)15/h3-11,13,15H,2H2,1H3,(H,17,18)/t11-,13-,15-/m0/s1. The number of carbonyl (C=O) groups is 1. The van der Waals surface area contributed by atoms with Crippen LogP contribution in [0.5, 0.6) is 5.75 Å². The van der Waals surface area contributed by atoms with Crippen molar-refractivity contribution >= 4 is 6.09 Å². The molecule has 3 atom stereocenters. The third kappa shape index (κ3) is 2.29. The van der Waals surface area contributed by atoms with E-state index < -0.39 is 6.09 Å². The molecule has 0 aromatic heterocycles. The van der Waals surface area contributed by atoms with Gasteiger partial charge in [-0.05, 0) is 19.1 Å². The summed E-state index contributed by atoms with van der Waals surface area (Å²) in [6, 6.07) is 7.66. The van der Waals surface area contributed by atoms with Gasteiger partial charge in [0.25, 0.3) is 0 Å². The number of nitrogens with one attached hydrogen (secondary N) is 1. The van der Waals surface area contributed by atoms with Gasteiger partial charge in [0.2, 0.25) is 0 Å². The van der Waals surface area contributed by atoms with Gasteiger partial charge < -0.3 is 14.8 Å². The van der Waals surface area contributed by atoms with E-state index in [0.717, 1.165) is 11.3 Å². The molecule has 0 spiro atoms. The van der Waals surface area contributed by atoms with Crippen LogP contribution in [0.2, 0.25) is 0 Å². The van der Waals surface area contributed by atoms with Gasteiger partial charge in [-0.2, -0.15) is 0 Å². The van der Waals surface area contributed by atoms with Crippen LogP contribution < -0.4 is 10.1 Å². The van der Waals surface area contributed by atoms with Gasteiger partial charge in [0.05, 0.1) is 12.6 Å². The Morgan fingerprint density at radius 2 is 2.10 bits per heavy atom. The summed E-state index contributed by atoms with van der Waals surface area (Å²) in [5, 5.41) is 2.95. The van der Waals surface area contributed by atoms with Crippen LogP contribution in [0.25, 0.3) is 0 Å². The monoisotopic (exact) mass is 271 g/mol. The fraction of sp³-hybridized carbons (Fsp3) is 0.312. The summed E-state index contributed by atoms with van der Waals surface area (Å²) in [4.78, 5) is 11.8. The molecule has 104 valence electrons. The van der Waals surface area contributed by atoms with Gasteiger partial charge in [-0.3, -0.25) is 0 Å². The Balaban J connectivity index is 1.93. The average molecular weight is 271 g/mol. The molecular weight excluding hydrogens is 254 g/mol. The molecule has 0 unspecified atom stereocenters. The zero-order chi connectivity index (χ0) is 13.9. The zero-order valence-electron chi connectivity index (χ0n) is 11.3. The first-order valence-corrected chi connectivity index (χ1v) is 6.83. The summed E-state index contributed by atoms with van der Waals surface area (Å²) in [5.41, 5.74) is 0.988. The van der Waals surface area contributed by atoms with Crippen molar-refractivity contribution in [2.75, 3.05) is 6.61 Å². The average Bonchev–Trinajstić information content (AvgIpc) is 2.47. The van der Waals surface area contributed by atoms with Crippen LogP contribution >= 0.6 is 0 Å². The Labute approximate surface area is 118 Å². The smallest absolute Gasteiger partial charge is 0.407 e. The highest BCUT2D eigenvalue weighted by Gasteiger charge is 2.37. The molecule has 2 aliphatic rings. The summed E-state index contributed by atoms with van der Waals surface area (Å²) in [5.74, 6) is 0.898. The third-order valence-electron chi connectivity index (χ3n) is 3.58. The minimum atomic E-state index is -0.393. The van der Waals surface area contributed by atoms with E-state index in [1.807, 2.05) is 42.5 Å². The van der Waals surface area contributed by atoms with Gasteiger partial charge in [-0.15, -0.1) is 0 Å². The van der Waals surface area contributed by atoms with E-state index in [2.05, 4.69) is 11.4 Å². The second-order valence-corrected chi connectivity index (χ2v) is 4.81. The SMILES string of the molecule is CCOC(=O)N[C@@H]1c2ccccc2O[C@H]2C=CC=C[C@@H]21. The molecule has 0 bridgehead atoms. The van der Waals surface area contributed by atoms with Crippen LogP contribution in [0.15, 0.2) is 48.6 Å². The Morgan fingerprint density at radius 1 is 1.30 bits per heavy atom. The largest absolute Gasteiger partial charge is 0.485 e. The highest BCUT2D eigenvalue weighted by molar-refractivity contribution is 5.68. The highest BCUT2D eigenvalue weighted by Crippen LogP contribution is 2.40. The van der Waals surface area contributed by atoms with E-state index in [0.29, 0.717) is 6.61 Å². The lowest BCUT2D eigenvalue weighted by molar-refractivity contribution is 0.120. The van der Waals surface area contributed by atoms with E-state index in [4.69, 9.17) is 9.47 Å². The Bertz CT molecular complexity index is 565. The summed E-state index contributed by atoms with van der Waals surface area (Å²) in [6.07, 6.45) is 7.59. The molecule has 0 saturated carbocycles. The molecule has 1 amide bonds. The number of benzene rings is 1. The molecule has 4 heteroatoms. The molecule has 20 heavy (non-hydrogen) atoms. The summed E-state index contributed by atoms with van der Waals surface area (Å²) < 4.78 is 11.0. The first-order chi connectivity index (χ1) is 9.79. The summed E-state index contributed by atoms with van der Waals surface area (Å²) in [6.45, 7) is 2.16. The van der Waals surface area contributed by atoms with Gasteiger partial charge in [0.1, 0.15) is 11.9 Å². The van der Waals surface area contributed by atoms with Gasteiger partial charge >= 0.3 is 6.09 Å². The third-order valence-corrected chi connectivity index (χ3v) is 3.58. The number of hydrogen-bond donors (Lipinski definition) is 1. The maximum absolute atomic E-state index is 11.8.